The van der Waals surface area contributed by atoms with E-state index in [0.29, 0.717) is 18.0 Å². The topological polar surface area (TPSA) is 60.9 Å². The number of nitrogens with zero attached hydrogens (tertiary/aromatic N) is 2. The Morgan fingerprint density at radius 2 is 2.15 bits per heavy atom. The summed E-state index contributed by atoms with van der Waals surface area (Å²) >= 11 is 1.53. The lowest BCUT2D eigenvalue weighted by Gasteiger charge is -2.15. The van der Waals surface area contributed by atoms with E-state index in [1.54, 1.807) is 20.5 Å². The summed E-state index contributed by atoms with van der Waals surface area (Å²) in [5.74, 6) is 2.15. The summed E-state index contributed by atoms with van der Waals surface area (Å²) in [6, 6.07) is 9.36. The van der Waals surface area contributed by atoms with Crippen molar-refractivity contribution < 1.29 is 13.9 Å². The zero-order valence-corrected chi connectivity index (χ0v) is 15.8. The van der Waals surface area contributed by atoms with Crippen LogP contribution in [-0.2, 0) is 0 Å². The van der Waals surface area contributed by atoms with Crippen molar-refractivity contribution in [1.82, 2.24) is 4.68 Å². The Morgan fingerprint density at radius 3 is 2.81 bits per heavy atom. The summed E-state index contributed by atoms with van der Waals surface area (Å²) in [6.07, 6.45) is 1.61. The number of hydrogen-bond donors (Lipinski definition) is 1. The first-order valence-electron chi connectivity index (χ1n) is 8.11. The molecule has 136 valence electrons. The number of aromatic nitrogens is 1. The van der Waals surface area contributed by atoms with Crippen LogP contribution in [0, 0.1) is 0 Å². The van der Waals surface area contributed by atoms with Crippen molar-refractivity contribution >= 4 is 17.0 Å². The Kier molecular flexibility index (Phi) is 5.48. The summed E-state index contributed by atoms with van der Waals surface area (Å²) in [4.78, 5) is 5.38. The molecule has 6 nitrogen and oxygen atoms in total. The first kappa shape index (κ1) is 17.9. The average molecular weight is 371 g/mol. The summed E-state index contributed by atoms with van der Waals surface area (Å²) in [5, 5.41) is 2.02. The molecule has 0 fully saturated rings. The largest absolute Gasteiger partial charge is 0.497 e. The highest BCUT2D eigenvalue weighted by molar-refractivity contribution is 7.07. The van der Waals surface area contributed by atoms with Gasteiger partial charge in [-0.1, -0.05) is 6.58 Å². The van der Waals surface area contributed by atoms with Gasteiger partial charge in [-0.05, 0) is 37.3 Å². The number of methoxy groups -OCH3 is 2. The molecule has 0 spiro atoms. The Hall–Kier alpha value is -2.93. The highest BCUT2D eigenvalue weighted by Gasteiger charge is 2.15. The minimum atomic E-state index is 0.633. The van der Waals surface area contributed by atoms with Crippen LogP contribution in [0.25, 0.3) is 17.0 Å². The molecule has 0 aliphatic carbocycles. The molecule has 2 aromatic heterocycles. The molecule has 0 unspecified atom stereocenters. The lowest BCUT2D eigenvalue weighted by molar-refractivity contribution is 0.404. The number of rotatable bonds is 7. The second-order valence-electron chi connectivity index (χ2n) is 5.35. The molecule has 0 amide bonds. The molecule has 1 N–H and O–H groups in total. The SMILES string of the molecule is C=C(Nn1c(-c2cc(OC)ccc2OC)csc1=NCC)c1ccco1. The number of hydrogen-bond acceptors (Lipinski definition) is 6. The molecule has 3 rings (SSSR count). The highest BCUT2D eigenvalue weighted by atomic mass is 32.1. The van der Waals surface area contributed by atoms with Gasteiger partial charge in [0.2, 0.25) is 4.80 Å². The first-order valence-corrected chi connectivity index (χ1v) is 8.99. The van der Waals surface area contributed by atoms with Crippen LogP contribution in [0.1, 0.15) is 12.7 Å². The molecular weight excluding hydrogens is 350 g/mol. The van der Waals surface area contributed by atoms with Gasteiger partial charge in [0.15, 0.2) is 5.76 Å². The van der Waals surface area contributed by atoms with Gasteiger partial charge in [-0.15, -0.1) is 11.3 Å². The summed E-state index contributed by atoms with van der Waals surface area (Å²) in [7, 11) is 3.29. The van der Waals surface area contributed by atoms with Crippen molar-refractivity contribution in [3.8, 4) is 22.8 Å². The maximum Gasteiger partial charge on any atom is 0.204 e. The number of thiazole rings is 1. The molecule has 0 atom stereocenters. The van der Waals surface area contributed by atoms with E-state index in [0.717, 1.165) is 27.6 Å². The van der Waals surface area contributed by atoms with E-state index in [1.807, 2.05) is 47.3 Å². The smallest absolute Gasteiger partial charge is 0.204 e. The molecule has 7 heteroatoms. The van der Waals surface area contributed by atoms with E-state index in [-0.39, 0.29) is 0 Å². The standard InChI is InChI=1S/C19H21N3O3S/c1-5-20-19-22(21-13(2)17-7-6-10-25-17)16(12-26-19)15-11-14(23-3)8-9-18(15)24-4/h6-12,21H,2,5H2,1,3-4H3. The van der Waals surface area contributed by atoms with E-state index in [4.69, 9.17) is 13.9 Å². The van der Waals surface area contributed by atoms with Crippen molar-refractivity contribution in [3.05, 3.63) is 59.1 Å². The number of benzene rings is 1. The van der Waals surface area contributed by atoms with E-state index in [2.05, 4.69) is 17.0 Å². The van der Waals surface area contributed by atoms with Crippen molar-refractivity contribution in [2.24, 2.45) is 4.99 Å². The molecule has 0 saturated carbocycles. The van der Waals surface area contributed by atoms with Gasteiger partial charge in [-0.2, -0.15) is 0 Å². The predicted molar refractivity (Wildman–Crippen MR) is 104 cm³/mol. The monoisotopic (exact) mass is 371 g/mol. The molecule has 3 aromatic rings. The lowest BCUT2D eigenvalue weighted by Crippen LogP contribution is -2.25. The van der Waals surface area contributed by atoms with Crippen molar-refractivity contribution in [1.29, 1.82) is 0 Å². The third-order valence-corrected chi connectivity index (χ3v) is 4.61. The third kappa shape index (κ3) is 3.52. The van der Waals surface area contributed by atoms with Gasteiger partial charge in [0.25, 0.3) is 0 Å². The average Bonchev–Trinajstić information content (AvgIpc) is 3.32. The van der Waals surface area contributed by atoms with Crippen LogP contribution < -0.4 is 19.7 Å². The molecule has 0 bridgehead atoms. The number of furan rings is 1. The molecule has 26 heavy (non-hydrogen) atoms. The fourth-order valence-electron chi connectivity index (χ4n) is 2.51. The zero-order chi connectivity index (χ0) is 18.5. The quantitative estimate of drug-likeness (QED) is 0.683. The van der Waals surface area contributed by atoms with Crippen LogP contribution >= 0.6 is 11.3 Å². The molecule has 1 aromatic carbocycles. The van der Waals surface area contributed by atoms with Gasteiger partial charge in [0.05, 0.1) is 31.9 Å². The normalized spacial score (nSPS) is 11.4. The maximum atomic E-state index is 5.54. The first-order chi connectivity index (χ1) is 12.7. The molecule has 0 aliphatic heterocycles. The van der Waals surface area contributed by atoms with Gasteiger partial charge >= 0.3 is 0 Å². The Labute approximate surface area is 156 Å². The van der Waals surface area contributed by atoms with E-state index in [1.165, 1.54) is 11.3 Å². The Morgan fingerprint density at radius 1 is 1.31 bits per heavy atom. The van der Waals surface area contributed by atoms with E-state index < -0.39 is 0 Å². The summed E-state index contributed by atoms with van der Waals surface area (Å²) in [6.45, 7) is 6.73. The fraction of sp³-hybridized carbons (Fsp3) is 0.211. The van der Waals surface area contributed by atoms with Crippen molar-refractivity contribution in [2.75, 3.05) is 26.2 Å². The van der Waals surface area contributed by atoms with E-state index >= 15 is 0 Å². The van der Waals surface area contributed by atoms with Gasteiger partial charge in [0, 0.05) is 17.5 Å². The van der Waals surface area contributed by atoms with Crippen LogP contribution in [0.3, 0.4) is 0 Å². The number of nitrogens with one attached hydrogen (secondary N) is 1. The third-order valence-electron chi connectivity index (χ3n) is 3.75. The molecule has 0 saturated heterocycles. The predicted octanol–water partition coefficient (Wildman–Crippen LogP) is 3.96. The van der Waals surface area contributed by atoms with Gasteiger partial charge < -0.3 is 13.9 Å². The summed E-state index contributed by atoms with van der Waals surface area (Å²) in [5.41, 5.74) is 5.70. The van der Waals surface area contributed by atoms with Crippen LogP contribution in [0.15, 0.2) is 58.0 Å². The Balaban J connectivity index is 2.11. The minimum absolute atomic E-state index is 0.633. The fourth-order valence-corrected chi connectivity index (χ4v) is 3.41. The van der Waals surface area contributed by atoms with E-state index in [9.17, 15) is 0 Å². The second-order valence-corrected chi connectivity index (χ2v) is 6.18. The minimum Gasteiger partial charge on any atom is -0.497 e. The number of ether oxygens (including phenoxy) is 2. The maximum absolute atomic E-state index is 5.54. The lowest BCUT2D eigenvalue weighted by atomic mass is 10.1. The molecule has 2 heterocycles. The molecular formula is C19H21N3O3S. The van der Waals surface area contributed by atoms with Crippen LogP contribution in [0.4, 0.5) is 0 Å². The molecule has 0 aliphatic rings. The molecule has 0 radical (unpaired) electrons. The van der Waals surface area contributed by atoms with Gasteiger partial charge in [-0.3, -0.25) is 10.4 Å². The van der Waals surface area contributed by atoms with Crippen LogP contribution in [-0.4, -0.2) is 25.4 Å². The zero-order valence-electron chi connectivity index (χ0n) is 15.0. The van der Waals surface area contributed by atoms with Crippen LogP contribution in [0.5, 0.6) is 11.5 Å². The highest BCUT2D eigenvalue weighted by Crippen LogP contribution is 2.33. The van der Waals surface area contributed by atoms with Gasteiger partial charge in [-0.25, -0.2) is 4.68 Å². The summed E-state index contributed by atoms with van der Waals surface area (Å²) < 4.78 is 18.2. The van der Waals surface area contributed by atoms with Gasteiger partial charge in [0.1, 0.15) is 11.5 Å². The van der Waals surface area contributed by atoms with Crippen LogP contribution in [0.2, 0.25) is 0 Å². The Bertz CT molecular complexity index is 955. The van der Waals surface area contributed by atoms with Crippen molar-refractivity contribution in [2.45, 2.75) is 6.92 Å². The second kappa shape index (κ2) is 7.97. The van der Waals surface area contributed by atoms with Crippen molar-refractivity contribution in [3.63, 3.8) is 0 Å².